The highest BCUT2D eigenvalue weighted by molar-refractivity contribution is 6.70. The molecule has 0 heterocycles. The first-order valence-electron chi connectivity index (χ1n) is 5.67. The number of benzene rings is 1. The summed E-state index contributed by atoms with van der Waals surface area (Å²) in [5, 5.41) is 0. The van der Waals surface area contributed by atoms with Gasteiger partial charge >= 0.3 is 6.09 Å². The number of rotatable bonds is 5. The fourth-order valence-electron chi connectivity index (χ4n) is 1.42. The molecule has 0 saturated heterocycles. The van der Waals surface area contributed by atoms with Gasteiger partial charge in [-0.2, -0.15) is 0 Å². The van der Waals surface area contributed by atoms with E-state index in [-0.39, 0.29) is 6.61 Å². The summed E-state index contributed by atoms with van der Waals surface area (Å²) < 4.78 is 10.6. The van der Waals surface area contributed by atoms with Gasteiger partial charge in [-0.25, -0.2) is 4.79 Å². The van der Waals surface area contributed by atoms with Gasteiger partial charge in [-0.3, -0.25) is 0 Å². The highest BCUT2D eigenvalue weighted by Gasteiger charge is 2.17. The van der Waals surface area contributed by atoms with E-state index in [0.717, 1.165) is 11.1 Å². The Kier molecular flexibility index (Phi) is 4.55. The van der Waals surface area contributed by atoms with Gasteiger partial charge in [0.1, 0.15) is 12.4 Å². The Bertz CT molecular complexity index is 452. The van der Waals surface area contributed by atoms with Crippen molar-refractivity contribution in [2.45, 2.75) is 26.2 Å². The first-order chi connectivity index (χ1) is 8.28. The average molecular weight is 265 g/mol. The van der Waals surface area contributed by atoms with E-state index in [1.54, 1.807) is 0 Å². The summed E-state index contributed by atoms with van der Waals surface area (Å²) in [5.74, 6) is 0.648. The number of carbonyl (C=O) groups is 1. The summed E-state index contributed by atoms with van der Waals surface area (Å²) in [6.07, 6.45) is -0.780. The van der Waals surface area contributed by atoms with Crippen LogP contribution in [0.5, 0.6) is 0 Å². The molecule has 0 spiro atoms. The van der Waals surface area contributed by atoms with Crippen LogP contribution in [0.25, 0.3) is 5.76 Å². The van der Waals surface area contributed by atoms with Crippen molar-refractivity contribution in [2.75, 3.05) is 0 Å². The summed E-state index contributed by atoms with van der Waals surface area (Å²) in [7, 11) is -1.66. The zero-order valence-corrected chi connectivity index (χ0v) is 12.0. The van der Waals surface area contributed by atoms with Crippen LogP contribution in [0, 0.1) is 0 Å². The third kappa shape index (κ3) is 5.05. The highest BCUT2D eigenvalue weighted by Crippen LogP contribution is 2.20. The summed E-state index contributed by atoms with van der Waals surface area (Å²) in [6.45, 7) is 10.4. The van der Waals surface area contributed by atoms with Crippen LogP contribution in [-0.2, 0) is 15.8 Å². The summed E-state index contributed by atoms with van der Waals surface area (Å²) in [5.41, 5.74) is 6.67. The van der Waals surface area contributed by atoms with Crippen molar-refractivity contribution in [3.63, 3.8) is 0 Å². The lowest BCUT2D eigenvalue weighted by molar-refractivity contribution is 0.150. The molecule has 0 bridgehead atoms. The van der Waals surface area contributed by atoms with E-state index in [0.29, 0.717) is 5.76 Å². The van der Waals surface area contributed by atoms with Crippen LogP contribution in [-0.4, -0.2) is 14.4 Å². The molecule has 0 aliphatic heterocycles. The Hall–Kier alpha value is -1.75. The number of hydrogen-bond acceptors (Lipinski definition) is 3. The molecule has 0 radical (unpaired) electrons. The highest BCUT2D eigenvalue weighted by atomic mass is 28.4. The SMILES string of the molecule is C=C(O[Si](C)(C)C)c1cccc(COC(N)=O)c1. The quantitative estimate of drug-likeness (QED) is 0.657. The topological polar surface area (TPSA) is 61.6 Å². The third-order valence-corrected chi connectivity index (χ3v) is 2.92. The van der Waals surface area contributed by atoms with Crippen LogP contribution in [0.15, 0.2) is 30.8 Å². The van der Waals surface area contributed by atoms with Gasteiger partial charge in [0.05, 0.1) is 0 Å². The van der Waals surface area contributed by atoms with E-state index >= 15 is 0 Å². The number of primary amides is 1. The second-order valence-corrected chi connectivity index (χ2v) is 9.37. The first-order valence-corrected chi connectivity index (χ1v) is 9.08. The summed E-state index contributed by atoms with van der Waals surface area (Å²) in [4.78, 5) is 10.5. The Morgan fingerprint density at radius 2 is 2.06 bits per heavy atom. The molecule has 4 nitrogen and oxygen atoms in total. The van der Waals surface area contributed by atoms with Crippen LogP contribution in [0.2, 0.25) is 19.6 Å². The van der Waals surface area contributed by atoms with Crippen molar-refractivity contribution >= 4 is 20.2 Å². The molecule has 0 unspecified atom stereocenters. The second-order valence-electron chi connectivity index (χ2n) is 4.95. The largest absolute Gasteiger partial charge is 0.544 e. The van der Waals surface area contributed by atoms with Crippen LogP contribution < -0.4 is 5.73 Å². The van der Waals surface area contributed by atoms with Crippen LogP contribution >= 0.6 is 0 Å². The number of ether oxygens (including phenoxy) is 1. The second kappa shape index (κ2) is 5.73. The number of amides is 1. The van der Waals surface area contributed by atoms with Gasteiger partial charge in [0, 0.05) is 5.56 Å². The maximum absolute atomic E-state index is 10.5. The summed E-state index contributed by atoms with van der Waals surface area (Å²) >= 11 is 0. The molecule has 5 heteroatoms. The molecule has 18 heavy (non-hydrogen) atoms. The molecule has 0 saturated carbocycles. The van der Waals surface area contributed by atoms with E-state index in [4.69, 9.17) is 14.9 Å². The van der Waals surface area contributed by atoms with E-state index in [9.17, 15) is 4.79 Å². The molecule has 1 aromatic rings. The number of carbonyl (C=O) groups excluding carboxylic acids is 1. The van der Waals surface area contributed by atoms with Crippen LogP contribution in [0.1, 0.15) is 11.1 Å². The molecule has 2 N–H and O–H groups in total. The molecule has 0 fully saturated rings. The molecular weight excluding hydrogens is 246 g/mol. The van der Waals surface area contributed by atoms with Gasteiger partial charge < -0.3 is 14.9 Å². The molecule has 0 aliphatic carbocycles. The van der Waals surface area contributed by atoms with Gasteiger partial charge in [-0.05, 0) is 31.3 Å². The maximum Gasteiger partial charge on any atom is 0.404 e. The molecule has 0 aromatic heterocycles. The van der Waals surface area contributed by atoms with Gasteiger partial charge in [0.15, 0.2) is 0 Å². The van der Waals surface area contributed by atoms with Crippen molar-refractivity contribution < 1.29 is 14.0 Å². The smallest absolute Gasteiger partial charge is 0.404 e. The van der Waals surface area contributed by atoms with Crippen molar-refractivity contribution in [1.29, 1.82) is 0 Å². The van der Waals surface area contributed by atoms with E-state index in [2.05, 4.69) is 26.2 Å². The van der Waals surface area contributed by atoms with E-state index in [1.807, 2.05) is 24.3 Å². The van der Waals surface area contributed by atoms with E-state index in [1.165, 1.54) is 0 Å². The minimum absolute atomic E-state index is 0.156. The van der Waals surface area contributed by atoms with Crippen molar-refractivity contribution in [3.8, 4) is 0 Å². The van der Waals surface area contributed by atoms with Gasteiger partial charge in [0.25, 0.3) is 0 Å². The minimum atomic E-state index is -1.66. The minimum Gasteiger partial charge on any atom is -0.544 e. The Morgan fingerprint density at radius 1 is 1.39 bits per heavy atom. The Balaban J connectivity index is 2.75. The molecular formula is C13H19NO3Si. The zero-order chi connectivity index (χ0) is 13.8. The molecule has 1 rings (SSSR count). The van der Waals surface area contributed by atoms with Crippen molar-refractivity contribution in [1.82, 2.24) is 0 Å². The fraction of sp³-hybridized carbons (Fsp3) is 0.308. The summed E-state index contributed by atoms with van der Waals surface area (Å²) in [6, 6.07) is 7.52. The predicted octanol–water partition coefficient (Wildman–Crippen LogP) is 3.10. The Morgan fingerprint density at radius 3 is 2.61 bits per heavy atom. The van der Waals surface area contributed by atoms with Crippen LogP contribution in [0.3, 0.4) is 0 Å². The third-order valence-electron chi connectivity index (χ3n) is 2.06. The van der Waals surface area contributed by atoms with Crippen LogP contribution in [0.4, 0.5) is 4.79 Å². The molecule has 98 valence electrons. The fourth-order valence-corrected chi connectivity index (χ4v) is 2.27. The number of nitrogens with two attached hydrogens (primary N) is 1. The zero-order valence-electron chi connectivity index (χ0n) is 11.0. The normalized spacial score (nSPS) is 10.8. The molecule has 0 aliphatic rings. The molecule has 1 aromatic carbocycles. The number of hydrogen-bond donors (Lipinski definition) is 1. The lowest BCUT2D eigenvalue weighted by Crippen LogP contribution is -2.24. The van der Waals surface area contributed by atoms with E-state index < -0.39 is 14.4 Å². The lowest BCUT2D eigenvalue weighted by atomic mass is 10.1. The average Bonchev–Trinajstić information content (AvgIpc) is 2.24. The van der Waals surface area contributed by atoms with Gasteiger partial charge in [-0.15, -0.1) is 0 Å². The first kappa shape index (κ1) is 14.3. The van der Waals surface area contributed by atoms with Crippen molar-refractivity contribution in [2.24, 2.45) is 5.73 Å². The van der Waals surface area contributed by atoms with Crippen molar-refractivity contribution in [3.05, 3.63) is 42.0 Å². The monoisotopic (exact) mass is 265 g/mol. The molecule has 1 amide bonds. The van der Waals surface area contributed by atoms with Gasteiger partial charge in [-0.1, -0.05) is 24.8 Å². The van der Waals surface area contributed by atoms with Gasteiger partial charge in [0.2, 0.25) is 8.32 Å². The predicted molar refractivity (Wildman–Crippen MR) is 74.3 cm³/mol. The maximum atomic E-state index is 10.5. The Labute approximate surface area is 109 Å². The molecule has 0 atom stereocenters. The standard InChI is InChI=1S/C13H19NO3Si/c1-10(17-18(2,3)4)12-7-5-6-11(8-12)9-16-13(14)15/h5-8H,1,9H2,2-4H3,(H2,14,15). The lowest BCUT2D eigenvalue weighted by Gasteiger charge is -2.21.